The lowest BCUT2D eigenvalue weighted by Gasteiger charge is -2.15. The highest BCUT2D eigenvalue weighted by atomic mass is 79.9. The molecule has 2 N–H and O–H groups in total. The SMILES string of the molecule is CCc1nn(CC)c(CC(N)c2cc(Cl)ccc2Br)c1Br. The molecule has 3 nitrogen and oxygen atoms in total. The zero-order valence-corrected chi connectivity index (χ0v) is 16.0. The van der Waals surface area contributed by atoms with E-state index in [9.17, 15) is 0 Å². The molecule has 1 heterocycles. The molecule has 1 unspecified atom stereocenters. The van der Waals surface area contributed by atoms with Crippen molar-refractivity contribution in [1.29, 1.82) is 0 Å². The van der Waals surface area contributed by atoms with Gasteiger partial charge in [0, 0.05) is 28.5 Å². The Morgan fingerprint density at radius 3 is 2.67 bits per heavy atom. The maximum Gasteiger partial charge on any atom is 0.0766 e. The Labute approximate surface area is 147 Å². The molecule has 0 radical (unpaired) electrons. The normalized spacial score (nSPS) is 12.7. The van der Waals surface area contributed by atoms with E-state index in [-0.39, 0.29) is 6.04 Å². The average molecular weight is 436 g/mol. The molecule has 21 heavy (non-hydrogen) atoms. The molecule has 0 aliphatic heterocycles. The molecule has 1 aromatic carbocycles. The van der Waals surface area contributed by atoms with Crippen molar-refractivity contribution in [2.45, 2.75) is 39.3 Å². The second kappa shape index (κ2) is 7.27. The van der Waals surface area contributed by atoms with Crippen molar-refractivity contribution in [2.75, 3.05) is 0 Å². The van der Waals surface area contributed by atoms with E-state index in [1.165, 1.54) is 0 Å². The fourth-order valence-electron chi connectivity index (χ4n) is 2.33. The summed E-state index contributed by atoms with van der Waals surface area (Å²) in [7, 11) is 0. The van der Waals surface area contributed by atoms with Crippen LogP contribution < -0.4 is 5.73 Å². The minimum atomic E-state index is -0.138. The summed E-state index contributed by atoms with van der Waals surface area (Å²) in [5.74, 6) is 0. The largest absolute Gasteiger partial charge is 0.324 e. The van der Waals surface area contributed by atoms with Crippen molar-refractivity contribution in [3.8, 4) is 0 Å². The first kappa shape index (κ1) is 17.0. The molecule has 0 aliphatic carbocycles. The third-order valence-electron chi connectivity index (χ3n) is 3.46. The van der Waals surface area contributed by atoms with Crippen LogP contribution in [0.4, 0.5) is 0 Å². The van der Waals surface area contributed by atoms with E-state index in [1.807, 2.05) is 22.9 Å². The Bertz CT molecular complexity index is 640. The Kier molecular flexibility index (Phi) is 5.88. The maximum absolute atomic E-state index is 6.39. The number of hydrogen-bond donors (Lipinski definition) is 1. The molecule has 0 spiro atoms. The number of aromatic nitrogens is 2. The first-order valence-electron chi connectivity index (χ1n) is 6.92. The molecule has 0 saturated heterocycles. The Morgan fingerprint density at radius 2 is 2.05 bits per heavy atom. The van der Waals surface area contributed by atoms with E-state index in [0.29, 0.717) is 11.4 Å². The second-order valence-corrected chi connectivity index (χ2v) is 6.94. The summed E-state index contributed by atoms with van der Waals surface area (Å²) in [6.07, 6.45) is 1.61. The van der Waals surface area contributed by atoms with Crippen molar-refractivity contribution < 1.29 is 0 Å². The number of hydrogen-bond acceptors (Lipinski definition) is 2. The minimum Gasteiger partial charge on any atom is -0.324 e. The van der Waals surface area contributed by atoms with Crippen LogP contribution in [0.3, 0.4) is 0 Å². The minimum absolute atomic E-state index is 0.138. The zero-order chi connectivity index (χ0) is 15.6. The Morgan fingerprint density at radius 1 is 1.33 bits per heavy atom. The van der Waals surface area contributed by atoms with E-state index in [0.717, 1.165) is 38.9 Å². The molecular weight excluding hydrogens is 417 g/mol. The third kappa shape index (κ3) is 3.70. The van der Waals surface area contributed by atoms with Gasteiger partial charge in [-0.15, -0.1) is 0 Å². The standard InChI is InChI=1S/C15H18Br2ClN3/c1-3-13-15(17)14(21(4-2)20-13)8-12(19)10-7-9(18)5-6-11(10)16/h5-7,12H,3-4,8,19H2,1-2H3. The van der Waals surface area contributed by atoms with Gasteiger partial charge in [0.1, 0.15) is 0 Å². The summed E-state index contributed by atoms with van der Waals surface area (Å²) in [5, 5.41) is 5.31. The summed E-state index contributed by atoms with van der Waals surface area (Å²) in [6.45, 7) is 5.02. The van der Waals surface area contributed by atoms with Crippen LogP contribution in [0.2, 0.25) is 5.02 Å². The van der Waals surface area contributed by atoms with Gasteiger partial charge in [0.15, 0.2) is 0 Å². The molecule has 0 aliphatic rings. The Balaban J connectivity index is 2.33. The molecule has 114 valence electrons. The third-order valence-corrected chi connectivity index (χ3v) is 5.34. The highest BCUT2D eigenvalue weighted by Crippen LogP contribution is 2.30. The number of benzene rings is 1. The van der Waals surface area contributed by atoms with Gasteiger partial charge in [-0.1, -0.05) is 34.5 Å². The molecule has 0 saturated carbocycles. The molecule has 0 amide bonds. The molecule has 6 heteroatoms. The van der Waals surface area contributed by atoms with Crippen molar-refractivity contribution >= 4 is 43.5 Å². The summed E-state index contributed by atoms with van der Waals surface area (Å²) >= 11 is 13.3. The number of halogens is 3. The van der Waals surface area contributed by atoms with E-state index in [2.05, 4.69) is 50.8 Å². The molecule has 0 bridgehead atoms. The lowest BCUT2D eigenvalue weighted by atomic mass is 10.0. The molecular formula is C15H18Br2ClN3. The predicted molar refractivity (Wildman–Crippen MR) is 94.8 cm³/mol. The Hall–Kier alpha value is -0.360. The van der Waals surface area contributed by atoms with Crippen molar-refractivity contribution in [3.63, 3.8) is 0 Å². The summed E-state index contributed by atoms with van der Waals surface area (Å²) in [4.78, 5) is 0. The average Bonchev–Trinajstić information content (AvgIpc) is 2.77. The summed E-state index contributed by atoms with van der Waals surface area (Å²) in [6, 6.07) is 5.56. The fourth-order valence-corrected chi connectivity index (χ4v) is 3.78. The topological polar surface area (TPSA) is 43.8 Å². The second-order valence-electron chi connectivity index (χ2n) is 4.85. The number of nitrogens with zero attached hydrogens (tertiary/aromatic N) is 2. The zero-order valence-electron chi connectivity index (χ0n) is 12.0. The van der Waals surface area contributed by atoms with Crippen LogP contribution in [0.15, 0.2) is 27.1 Å². The van der Waals surface area contributed by atoms with Crippen LogP contribution in [0.1, 0.15) is 36.8 Å². The van der Waals surface area contributed by atoms with Gasteiger partial charge < -0.3 is 5.73 Å². The first-order chi connectivity index (χ1) is 9.97. The van der Waals surface area contributed by atoms with Gasteiger partial charge in [-0.2, -0.15) is 5.10 Å². The summed E-state index contributed by atoms with van der Waals surface area (Å²) in [5.41, 5.74) is 9.61. The van der Waals surface area contributed by atoms with Crippen LogP contribution >= 0.6 is 43.5 Å². The van der Waals surface area contributed by atoms with Crippen LogP contribution in [-0.4, -0.2) is 9.78 Å². The van der Waals surface area contributed by atoms with Gasteiger partial charge in [0.05, 0.1) is 15.9 Å². The molecule has 2 aromatic rings. The molecule has 2 rings (SSSR count). The predicted octanol–water partition coefficient (Wildman–Crippen LogP) is 4.89. The lowest BCUT2D eigenvalue weighted by Crippen LogP contribution is -2.17. The van der Waals surface area contributed by atoms with Crippen molar-refractivity contribution in [1.82, 2.24) is 9.78 Å². The monoisotopic (exact) mass is 433 g/mol. The van der Waals surface area contributed by atoms with Crippen LogP contribution in [0.25, 0.3) is 0 Å². The summed E-state index contributed by atoms with van der Waals surface area (Å²) < 4.78 is 4.07. The van der Waals surface area contributed by atoms with Gasteiger partial charge in [0.25, 0.3) is 0 Å². The quantitative estimate of drug-likeness (QED) is 0.727. The van der Waals surface area contributed by atoms with Crippen LogP contribution in [0.5, 0.6) is 0 Å². The number of rotatable bonds is 5. The highest BCUT2D eigenvalue weighted by Gasteiger charge is 2.19. The fraction of sp³-hybridized carbons (Fsp3) is 0.400. The maximum atomic E-state index is 6.39. The molecule has 1 aromatic heterocycles. The van der Waals surface area contributed by atoms with E-state index < -0.39 is 0 Å². The van der Waals surface area contributed by atoms with Gasteiger partial charge in [0.2, 0.25) is 0 Å². The molecule has 1 atom stereocenters. The van der Waals surface area contributed by atoms with E-state index in [1.54, 1.807) is 0 Å². The van der Waals surface area contributed by atoms with Crippen molar-refractivity contribution in [2.24, 2.45) is 5.73 Å². The number of nitrogens with two attached hydrogens (primary N) is 1. The van der Waals surface area contributed by atoms with Gasteiger partial charge in [-0.25, -0.2) is 0 Å². The first-order valence-corrected chi connectivity index (χ1v) is 8.88. The highest BCUT2D eigenvalue weighted by molar-refractivity contribution is 9.10. The van der Waals surface area contributed by atoms with Gasteiger partial charge in [-0.05, 0) is 53.0 Å². The van der Waals surface area contributed by atoms with E-state index in [4.69, 9.17) is 17.3 Å². The van der Waals surface area contributed by atoms with Crippen LogP contribution in [0, 0.1) is 0 Å². The van der Waals surface area contributed by atoms with Gasteiger partial charge >= 0.3 is 0 Å². The number of aryl methyl sites for hydroxylation is 2. The molecule has 0 fully saturated rings. The van der Waals surface area contributed by atoms with Crippen molar-refractivity contribution in [3.05, 3.63) is 49.1 Å². The van der Waals surface area contributed by atoms with Crippen LogP contribution in [-0.2, 0) is 19.4 Å². The smallest absolute Gasteiger partial charge is 0.0766 e. The lowest BCUT2D eigenvalue weighted by molar-refractivity contribution is 0.584. The van der Waals surface area contributed by atoms with Gasteiger partial charge in [-0.3, -0.25) is 4.68 Å². The van der Waals surface area contributed by atoms with E-state index >= 15 is 0 Å².